The van der Waals surface area contributed by atoms with Crippen LogP contribution in [0.2, 0.25) is 0 Å². The summed E-state index contributed by atoms with van der Waals surface area (Å²) < 4.78 is 44.5. The molecule has 3 aliphatic rings. The summed E-state index contributed by atoms with van der Waals surface area (Å²) in [5.74, 6) is -1.55. The summed E-state index contributed by atoms with van der Waals surface area (Å²) in [5, 5.41) is 5.44. The number of nitrogens with zero attached hydrogens (tertiary/aromatic N) is 2. The molecule has 3 aromatic rings. The summed E-state index contributed by atoms with van der Waals surface area (Å²) in [7, 11) is -1.16. The van der Waals surface area contributed by atoms with Crippen LogP contribution >= 0.6 is 0 Å². The number of methoxy groups -OCH3 is 2. The van der Waals surface area contributed by atoms with Crippen molar-refractivity contribution in [2.45, 2.75) is 75.4 Å². The van der Waals surface area contributed by atoms with Crippen molar-refractivity contribution in [3.63, 3.8) is 0 Å². The number of hydrogen-bond acceptors (Lipinski definition) is 10. The Morgan fingerprint density at radius 3 is 2.38 bits per heavy atom. The summed E-state index contributed by atoms with van der Waals surface area (Å²) in [6.45, 7) is 9.03. The van der Waals surface area contributed by atoms with Crippen LogP contribution in [0.4, 0.5) is 4.79 Å². The zero-order chi connectivity index (χ0) is 38.3. The predicted octanol–water partition coefficient (Wildman–Crippen LogP) is 3.70. The van der Waals surface area contributed by atoms with Crippen LogP contribution in [-0.2, 0) is 29.1 Å². The molecule has 1 saturated heterocycles. The van der Waals surface area contributed by atoms with Gasteiger partial charge in [0.25, 0.3) is 5.91 Å². The molecule has 2 unspecified atom stereocenters. The Morgan fingerprint density at radius 1 is 1.06 bits per heavy atom. The molecular formula is C38H45N5O9S. The van der Waals surface area contributed by atoms with Crippen molar-refractivity contribution in [1.29, 1.82) is 0 Å². The molecule has 1 aromatic heterocycles. The normalized spacial score (nSPS) is 23.0. The average Bonchev–Trinajstić information content (AvgIpc) is 4.06. The van der Waals surface area contributed by atoms with E-state index < -0.39 is 74.1 Å². The Morgan fingerprint density at radius 2 is 1.77 bits per heavy atom. The number of rotatable bonds is 12. The lowest BCUT2D eigenvalue weighted by atomic mass is 9.85. The average molecular weight is 748 g/mol. The van der Waals surface area contributed by atoms with E-state index in [0.717, 1.165) is 5.56 Å². The number of alkyl carbamates (subject to hydrolysis) is 1. The lowest BCUT2D eigenvalue weighted by Crippen LogP contribution is -2.60. The van der Waals surface area contributed by atoms with E-state index in [0.29, 0.717) is 40.9 Å². The molecule has 2 aliphatic carbocycles. The van der Waals surface area contributed by atoms with Gasteiger partial charge in [0.15, 0.2) is 0 Å². The maximum Gasteiger partial charge on any atom is 0.407 e. The molecule has 0 bridgehead atoms. The smallest absolute Gasteiger partial charge is 0.407 e. The number of benzene rings is 2. The van der Waals surface area contributed by atoms with E-state index in [1.165, 1.54) is 18.1 Å². The van der Waals surface area contributed by atoms with Crippen LogP contribution in [0.15, 0.2) is 67.3 Å². The van der Waals surface area contributed by atoms with E-state index in [4.69, 9.17) is 19.2 Å². The molecule has 0 spiro atoms. The van der Waals surface area contributed by atoms with Gasteiger partial charge in [-0.25, -0.2) is 18.2 Å². The quantitative estimate of drug-likeness (QED) is 0.231. The van der Waals surface area contributed by atoms with Crippen molar-refractivity contribution in [2.24, 2.45) is 11.3 Å². The second-order valence-electron chi connectivity index (χ2n) is 14.9. The van der Waals surface area contributed by atoms with Crippen molar-refractivity contribution in [3.05, 3.63) is 67.3 Å². The van der Waals surface area contributed by atoms with Gasteiger partial charge in [0.05, 0.1) is 37.2 Å². The summed E-state index contributed by atoms with van der Waals surface area (Å²) in [6, 6.07) is 14.5. The van der Waals surface area contributed by atoms with E-state index in [9.17, 15) is 27.6 Å². The third-order valence-electron chi connectivity index (χ3n) is 10.0. The van der Waals surface area contributed by atoms with Crippen molar-refractivity contribution in [2.75, 3.05) is 20.8 Å². The van der Waals surface area contributed by atoms with Crippen LogP contribution in [0, 0.1) is 11.3 Å². The molecule has 2 heterocycles. The van der Waals surface area contributed by atoms with Crippen molar-refractivity contribution in [3.8, 4) is 22.8 Å². The van der Waals surface area contributed by atoms with Gasteiger partial charge >= 0.3 is 6.09 Å². The van der Waals surface area contributed by atoms with Gasteiger partial charge in [0.1, 0.15) is 35.2 Å². The SMILES string of the molecule is C=CC1CC1(NC(=O)[C@@H]1C[C@@H](Oc2cc(-c3ccccc3)nc3cc(OC)ccc23)CN1C(=O)[C@@H](NC(=O)OC)C(C)(C)C)C(=O)NS(=O)(=O)C1CC1. The zero-order valence-corrected chi connectivity index (χ0v) is 31.2. The maximum absolute atomic E-state index is 14.4. The molecule has 5 atom stereocenters. The van der Waals surface area contributed by atoms with Crippen molar-refractivity contribution >= 4 is 44.7 Å². The fraction of sp³-hybridized carbons (Fsp3) is 0.447. The Hall–Kier alpha value is -5.18. The molecule has 15 heteroatoms. The zero-order valence-electron chi connectivity index (χ0n) is 30.4. The second-order valence-corrected chi connectivity index (χ2v) is 16.8. The van der Waals surface area contributed by atoms with Crippen LogP contribution in [0.1, 0.15) is 46.5 Å². The van der Waals surface area contributed by atoms with Crippen LogP contribution < -0.4 is 24.8 Å². The van der Waals surface area contributed by atoms with Crippen LogP contribution in [0.3, 0.4) is 0 Å². The van der Waals surface area contributed by atoms with E-state index >= 15 is 0 Å². The first-order valence-electron chi connectivity index (χ1n) is 17.5. The van der Waals surface area contributed by atoms with E-state index in [1.807, 2.05) is 36.4 Å². The highest BCUT2D eigenvalue weighted by molar-refractivity contribution is 7.91. The Labute approximate surface area is 308 Å². The lowest BCUT2D eigenvalue weighted by Gasteiger charge is -2.35. The fourth-order valence-electron chi connectivity index (χ4n) is 6.72. The minimum Gasteiger partial charge on any atom is -0.497 e. The van der Waals surface area contributed by atoms with E-state index in [1.54, 1.807) is 46.1 Å². The highest BCUT2D eigenvalue weighted by atomic mass is 32.2. The summed E-state index contributed by atoms with van der Waals surface area (Å²) in [5.41, 5.74) is -0.284. The topological polar surface area (TPSA) is 182 Å². The Kier molecular flexibility index (Phi) is 10.2. The third kappa shape index (κ3) is 7.80. The number of fused-ring (bicyclic) bond motifs is 1. The highest BCUT2D eigenvalue weighted by Crippen LogP contribution is 2.46. The van der Waals surface area contributed by atoms with E-state index in [2.05, 4.69) is 21.9 Å². The number of ether oxygens (including phenoxy) is 3. The number of likely N-dealkylation sites (tertiary alicyclic amines) is 1. The number of carbonyl (C=O) groups is 4. The first kappa shape index (κ1) is 37.6. The summed E-state index contributed by atoms with van der Waals surface area (Å²) in [4.78, 5) is 60.8. The molecule has 2 aromatic carbocycles. The largest absolute Gasteiger partial charge is 0.497 e. The minimum absolute atomic E-state index is 0.0180. The van der Waals surface area contributed by atoms with Gasteiger partial charge in [-0.05, 0) is 36.8 Å². The van der Waals surface area contributed by atoms with Gasteiger partial charge in [-0.3, -0.25) is 19.1 Å². The second kappa shape index (κ2) is 14.3. The fourth-order valence-corrected chi connectivity index (χ4v) is 8.09. The highest BCUT2D eigenvalue weighted by Gasteiger charge is 2.62. The molecule has 0 radical (unpaired) electrons. The van der Waals surface area contributed by atoms with Gasteiger partial charge in [-0.1, -0.05) is 57.2 Å². The van der Waals surface area contributed by atoms with Gasteiger partial charge in [0, 0.05) is 35.4 Å². The number of aromatic nitrogens is 1. The predicted molar refractivity (Wildman–Crippen MR) is 196 cm³/mol. The molecular weight excluding hydrogens is 703 g/mol. The number of carbonyl (C=O) groups excluding carboxylic acids is 4. The van der Waals surface area contributed by atoms with Crippen LogP contribution in [0.25, 0.3) is 22.2 Å². The standard InChI is InChI=1S/C38H45N5O9S/c1-7-23-20-38(23,35(46)42-53(48,49)26-14-15-26)41-33(44)30-18-25(21-43(30)34(45)32(37(2,3)4)40-36(47)51-6)52-31-19-28(22-11-9-8-10-12-22)39-29-17-24(50-5)13-16-27(29)31/h7-13,16-17,19,23,25-26,30,32H,1,14-15,18,20-21H2,2-6H3,(H,40,47)(H,41,44)(H,42,46)/t23?,25-,30+,32-,38?/m1/s1. The number of amides is 4. The van der Waals surface area contributed by atoms with Gasteiger partial charge in [-0.2, -0.15) is 0 Å². The van der Waals surface area contributed by atoms with Gasteiger partial charge in [-0.15, -0.1) is 6.58 Å². The van der Waals surface area contributed by atoms with Gasteiger partial charge < -0.3 is 29.7 Å². The summed E-state index contributed by atoms with van der Waals surface area (Å²) in [6.07, 6.45) is 1.01. The molecule has 3 fully saturated rings. The monoisotopic (exact) mass is 747 g/mol. The molecule has 6 rings (SSSR count). The molecule has 4 amide bonds. The Bertz CT molecular complexity index is 2050. The lowest BCUT2D eigenvalue weighted by molar-refractivity contribution is -0.142. The number of nitrogens with one attached hydrogen (secondary N) is 3. The molecule has 282 valence electrons. The first-order valence-corrected chi connectivity index (χ1v) is 19.0. The number of pyridine rings is 1. The molecule has 53 heavy (non-hydrogen) atoms. The number of sulfonamides is 1. The number of hydrogen-bond donors (Lipinski definition) is 3. The Balaban J connectivity index is 1.34. The van der Waals surface area contributed by atoms with Crippen molar-refractivity contribution < 1.29 is 41.8 Å². The molecule has 14 nitrogen and oxygen atoms in total. The molecule has 1 aliphatic heterocycles. The third-order valence-corrected chi connectivity index (χ3v) is 11.8. The minimum atomic E-state index is -3.91. The molecule has 3 N–H and O–H groups in total. The van der Waals surface area contributed by atoms with Gasteiger partial charge in [0.2, 0.25) is 21.8 Å². The maximum atomic E-state index is 14.4. The first-order chi connectivity index (χ1) is 25.1. The van der Waals surface area contributed by atoms with Crippen LogP contribution in [-0.4, -0.2) is 91.9 Å². The summed E-state index contributed by atoms with van der Waals surface area (Å²) >= 11 is 0. The van der Waals surface area contributed by atoms with Crippen LogP contribution in [0.5, 0.6) is 11.5 Å². The van der Waals surface area contributed by atoms with Crippen molar-refractivity contribution in [1.82, 2.24) is 25.2 Å². The van der Waals surface area contributed by atoms with E-state index in [-0.39, 0.29) is 19.4 Å². The molecule has 2 saturated carbocycles.